The average Bonchev–Trinajstić information content (AvgIpc) is 3.25. The molecule has 0 unspecified atom stereocenters. The van der Waals surface area contributed by atoms with Gasteiger partial charge in [-0.2, -0.15) is 0 Å². The van der Waals surface area contributed by atoms with E-state index < -0.39 is 0 Å². The molecule has 3 aromatic carbocycles. The highest BCUT2D eigenvalue weighted by Crippen LogP contribution is 2.20. The Bertz CT molecular complexity index is 1110. The Hall–Kier alpha value is -3.86. The molecule has 0 aliphatic heterocycles. The third-order valence-electron chi connectivity index (χ3n) is 4.40. The molecule has 0 fully saturated rings. The lowest BCUT2D eigenvalue weighted by atomic mass is 10.0. The van der Waals surface area contributed by atoms with E-state index in [1.807, 2.05) is 42.5 Å². The Morgan fingerprint density at radius 1 is 0.750 bits per heavy atom. The topological polar surface area (TPSA) is 71.3 Å². The highest BCUT2D eigenvalue weighted by molar-refractivity contribution is 6.02. The van der Waals surface area contributed by atoms with Gasteiger partial charge in [-0.15, -0.1) is 0 Å². The molecule has 0 aliphatic carbocycles. The van der Waals surface area contributed by atoms with E-state index in [1.54, 1.807) is 36.4 Å². The smallest absolute Gasteiger partial charge is 0.291 e. The van der Waals surface area contributed by atoms with Crippen molar-refractivity contribution in [2.75, 3.05) is 10.6 Å². The van der Waals surface area contributed by atoms with E-state index in [0.29, 0.717) is 17.8 Å². The number of carbonyl (C=O) groups is 2. The first-order valence-electron chi connectivity index (χ1n) is 8.90. The molecule has 0 saturated carbocycles. The highest BCUT2D eigenvalue weighted by Gasteiger charge is 2.10. The van der Waals surface area contributed by atoms with Crippen molar-refractivity contribution in [3.8, 4) is 0 Å². The van der Waals surface area contributed by atoms with E-state index in [-0.39, 0.29) is 17.6 Å². The maximum absolute atomic E-state index is 12.5. The van der Waals surface area contributed by atoms with Crippen molar-refractivity contribution in [2.45, 2.75) is 6.42 Å². The summed E-state index contributed by atoms with van der Waals surface area (Å²) in [7, 11) is 0. The Kier molecular flexibility index (Phi) is 4.89. The third-order valence-corrected chi connectivity index (χ3v) is 4.40. The first-order chi connectivity index (χ1) is 13.7. The maximum atomic E-state index is 12.5. The molecule has 5 heteroatoms. The molecular weight excluding hydrogens is 352 g/mol. The van der Waals surface area contributed by atoms with Gasteiger partial charge in [0.05, 0.1) is 12.7 Å². The summed E-state index contributed by atoms with van der Waals surface area (Å²) in [5.74, 6) is -0.172. The van der Waals surface area contributed by atoms with Crippen molar-refractivity contribution in [2.24, 2.45) is 0 Å². The van der Waals surface area contributed by atoms with Gasteiger partial charge < -0.3 is 15.1 Å². The second-order valence-corrected chi connectivity index (χ2v) is 6.37. The van der Waals surface area contributed by atoms with Gasteiger partial charge in [-0.3, -0.25) is 9.59 Å². The minimum atomic E-state index is -0.322. The maximum Gasteiger partial charge on any atom is 0.291 e. The van der Waals surface area contributed by atoms with Crippen LogP contribution < -0.4 is 10.6 Å². The Morgan fingerprint density at radius 2 is 1.46 bits per heavy atom. The van der Waals surface area contributed by atoms with Gasteiger partial charge in [0, 0.05) is 11.4 Å². The second kappa shape index (κ2) is 7.80. The summed E-state index contributed by atoms with van der Waals surface area (Å²) in [6.45, 7) is 0. The lowest BCUT2D eigenvalue weighted by Crippen LogP contribution is -2.15. The number of rotatable bonds is 5. The van der Waals surface area contributed by atoms with E-state index in [4.69, 9.17) is 4.42 Å². The third kappa shape index (κ3) is 3.94. The Balaban J connectivity index is 1.40. The number of furan rings is 1. The van der Waals surface area contributed by atoms with E-state index in [9.17, 15) is 9.59 Å². The van der Waals surface area contributed by atoms with Crippen LogP contribution in [0.15, 0.2) is 89.5 Å². The summed E-state index contributed by atoms with van der Waals surface area (Å²) in [6.07, 6.45) is 1.74. The summed E-state index contributed by atoms with van der Waals surface area (Å²) in [5.41, 5.74) is 2.27. The number of carbonyl (C=O) groups excluding carboxylic acids is 2. The van der Waals surface area contributed by atoms with Crippen LogP contribution >= 0.6 is 0 Å². The van der Waals surface area contributed by atoms with Gasteiger partial charge in [0.1, 0.15) is 0 Å². The van der Waals surface area contributed by atoms with Crippen molar-refractivity contribution in [3.05, 3.63) is 96.4 Å². The summed E-state index contributed by atoms with van der Waals surface area (Å²) in [4.78, 5) is 24.4. The normalized spacial score (nSPS) is 10.6. The monoisotopic (exact) mass is 370 g/mol. The van der Waals surface area contributed by atoms with Crippen LogP contribution in [0.2, 0.25) is 0 Å². The van der Waals surface area contributed by atoms with Crippen LogP contribution in [0.25, 0.3) is 10.8 Å². The summed E-state index contributed by atoms with van der Waals surface area (Å²) < 4.78 is 5.06. The van der Waals surface area contributed by atoms with E-state index in [0.717, 1.165) is 16.3 Å². The molecule has 28 heavy (non-hydrogen) atoms. The Labute approximate surface area is 162 Å². The SMILES string of the molecule is O=C(Cc1cccc2ccccc12)Nc1ccc(NC(=O)c2ccco2)cc1. The van der Waals surface area contributed by atoms with Crippen LogP contribution in [0.5, 0.6) is 0 Å². The minimum absolute atomic E-state index is 0.0938. The lowest BCUT2D eigenvalue weighted by Gasteiger charge is -2.09. The van der Waals surface area contributed by atoms with Crippen LogP contribution in [0.3, 0.4) is 0 Å². The molecule has 0 saturated heterocycles. The number of nitrogens with one attached hydrogen (secondary N) is 2. The standard InChI is InChI=1S/C23H18N2O3/c26-22(15-17-7-3-6-16-5-1-2-8-20(16)17)24-18-10-12-19(13-11-18)25-23(27)21-9-4-14-28-21/h1-14H,15H2,(H,24,26)(H,25,27). The quantitative estimate of drug-likeness (QED) is 0.527. The molecule has 0 bridgehead atoms. The lowest BCUT2D eigenvalue weighted by molar-refractivity contribution is -0.115. The number of hydrogen-bond acceptors (Lipinski definition) is 3. The van der Waals surface area contributed by atoms with Crippen molar-refractivity contribution in [1.29, 1.82) is 0 Å². The van der Waals surface area contributed by atoms with Crippen LogP contribution in [0.1, 0.15) is 16.1 Å². The predicted molar refractivity (Wildman–Crippen MR) is 109 cm³/mol. The van der Waals surface area contributed by atoms with Gasteiger partial charge in [0.2, 0.25) is 5.91 Å². The van der Waals surface area contributed by atoms with Gasteiger partial charge in [0.25, 0.3) is 5.91 Å². The van der Waals surface area contributed by atoms with E-state index >= 15 is 0 Å². The molecule has 2 N–H and O–H groups in total. The molecule has 0 radical (unpaired) electrons. The number of fused-ring (bicyclic) bond motifs is 1. The van der Waals surface area contributed by atoms with Crippen LogP contribution in [0.4, 0.5) is 11.4 Å². The molecule has 1 aromatic heterocycles. The largest absolute Gasteiger partial charge is 0.459 e. The van der Waals surface area contributed by atoms with Crippen molar-refractivity contribution < 1.29 is 14.0 Å². The van der Waals surface area contributed by atoms with Gasteiger partial charge in [-0.1, -0.05) is 42.5 Å². The highest BCUT2D eigenvalue weighted by atomic mass is 16.3. The first-order valence-corrected chi connectivity index (χ1v) is 8.90. The molecule has 1 heterocycles. The predicted octanol–water partition coefficient (Wildman–Crippen LogP) is 4.87. The Morgan fingerprint density at radius 3 is 2.21 bits per heavy atom. The molecule has 4 rings (SSSR count). The fraction of sp³-hybridized carbons (Fsp3) is 0.0435. The molecule has 2 amide bonds. The zero-order chi connectivity index (χ0) is 19.3. The number of benzene rings is 3. The van der Waals surface area contributed by atoms with Gasteiger partial charge in [-0.25, -0.2) is 0 Å². The number of amides is 2. The summed E-state index contributed by atoms with van der Waals surface area (Å²) in [5, 5.41) is 7.83. The zero-order valence-corrected chi connectivity index (χ0v) is 15.0. The van der Waals surface area contributed by atoms with Crippen molar-refractivity contribution >= 4 is 34.0 Å². The number of hydrogen-bond donors (Lipinski definition) is 2. The fourth-order valence-electron chi connectivity index (χ4n) is 3.06. The van der Waals surface area contributed by atoms with Gasteiger partial charge >= 0.3 is 0 Å². The van der Waals surface area contributed by atoms with Crippen LogP contribution in [-0.4, -0.2) is 11.8 Å². The zero-order valence-electron chi connectivity index (χ0n) is 15.0. The molecule has 4 aromatic rings. The average molecular weight is 370 g/mol. The molecule has 0 aliphatic rings. The molecule has 5 nitrogen and oxygen atoms in total. The molecule has 138 valence electrons. The van der Waals surface area contributed by atoms with Gasteiger partial charge in [-0.05, 0) is 52.7 Å². The van der Waals surface area contributed by atoms with Crippen molar-refractivity contribution in [1.82, 2.24) is 0 Å². The fourth-order valence-corrected chi connectivity index (χ4v) is 3.06. The first kappa shape index (κ1) is 17.5. The number of anilines is 2. The van der Waals surface area contributed by atoms with E-state index in [2.05, 4.69) is 10.6 Å². The molecule has 0 spiro atoms. The van der Waals surface area contributed by atoms with Crippen molar-refractivity contribution in [3.63, 3.8) is 0 Å². The van der Waals surface area contributed by atoms with E-state index in [1.165, 1.54) is 6.26 Å². The summed E-state index contributed by atoms with van der Waals surface area (Å²) >= 11 is 0. The minimum Gasteiger partial charge on any atom is -0.459 e. The van der Waals surface area contributed by atoms with Crippen LogP contribution in [-0.2, 0) is 11.2 Å². The summed E-state index contributed by atoms with van der Waals surface area (Å²) in [6, 6.07) is 24.2. The second-order valence-electron chi connectivity index (χ2n) is 6.37. The molecular formula is C23H18N2O3. The van der Waals surface area contributed by atoms with Gasteiger partial charge in [0.15, 0.2) is 5.76 Å². The molecule has 0 atom stereocenters. The van der Waals surface area contributed by atoms with Crippen LogP contribution in [0, 0.1) is 0 Å².